The van der Waals surface area contributed by atoms with Crippen LogP contribution in [-0.4, -0.2) is 24.4 Å². The third-order valence-electron chi connectivity index (χ3n) is 3.49. The summed E-state index contributed by atoms with van der Waals surface area (Å²) in [5.74, 6) is -0.164. The quantitative estimate of drug-likeness (QED) is 0.726. The number of rotatable bonds is 5. The Balaban J connectivity index is 1.86. The molecule has 7 heteroatoms. The van der Waals surface area contributed by atoms with Crippen LogP contribution in [0.5, 0.6) is 0 Å². The maximum atomic E-state index is 13.2. The van der Waals surface area contributed by atoms with Crippen LogP contribution in [0.15, 0.2) is 30.7 Å². The zero-order valence-corrected chi connectivity index (χ0v) is 11.6. The standard InChI is InChI=1S/C14H15F2N5/c1-2-10(5-12-6-17-21(9-15)19-12)13-8-20-7-11(16)3-4-14(20)18-13/h3-4,6-8,10H,2,5,9H2,1H3. The van der Waals surface area contributed by atoms with Crippen molar-refractivity contribution in [2.75, 3.05) is 0 Å². The SMILES string of the molecule is CCC(Cc1cnn(CF)n1)c1cn2cc(F)ccc2n1. The van der Waals surface area contributed by atoms with Crippen molar-refractivity contribution in [3.05, 3.63) is 47.9 Å². The van der Waals surface area contributed by atoms with Gasteiger partial charge in [-0.05, 0) is 18.6 Å². The fourth-order valence-electron chi connectivity index (χ4n) is 2.38. The highest BCUT2D eigenvalue weighted by molar-refractivity contribution is 5.40. The summed E-state index contributed by atoms with van der Waals surface area (Å²) in [6, 6.07) is 3.03. The second-order valence-electron chi connectivity index (χ2n) is 4.92. The first-order chi connectivity index (χ1) is 10.2. The van der Waals surface area contributed by atoms with Gasteiger partial charge in [0.1, 0.15) is 11.5 Å². The first kappa shape index (κ1) is 13.7. The number of fused-ring (bicyclic) bond motifs is 1. The summed E-state index contributed by atoms with van der Waals surface area (Å²) in [6.07, 6.45) is 6.28. The molecule has 3 aromatic rings. The van der Waals surface area contributed by atoms with Crippen molar-refractivity contribution in [1.29, 1.82) is 0 Å². The Hall–Kier alpha value is -2.31. The highest BCUT2D eigenvalue weighted by atomic mass is 19.1. The Morgan fingerprint density at radius 3 is 2.86 bits per heavy atom. The van der Waals surface area contributed by atoms with Crippen LogP contribution in [0, 0.1) is 5.82 Å². The molecule has 0 spiro atoms. The van der Waals surface area contributed by atoms with Crippen molar-refractivity contribution in [1.82, 2.24) is 24.4 Å². The molecule has 110 valence electrons. The number of nitrogens with zero attached hydrogens (tertiary/aromatic N) is 5. The van der Waals surface area contributed by atoms with Crippen molar-refractivity contribution in [2.45, 2.75) is 32.5 Å². The van der Waals surface area contributed by atoms with Crippen LogP contribution in [0.25, 0.3) is 5.65 Å². The van der Waals surface area contributed by atoms with E-state index in [1.165, 1.54) is 12.3 Å². The summed E-state index contributed by atoms with van der Waals surface area (Å²) in [5.41, 5.74) is 2.30. The molecule has 3 aromatic heterocycles. The minimum atomic E-state index is -0.732. The van der Waals surface area contributed by atoms with E-state index in [2.05, 4.69) is 22.1 Å². The molecule has 0 N–H and O–H groups in total. The van der Waals surface area contributed by atoms with Crippen molar-refractivity contribution in [2.24, 2.45) is 0 Å². The molecule has 0 radical (unpaired) electrons. The normalized spacial score (nSPS) is 12.9. The Bertz CT molecular complexity index is 749. The van der Waals surface area contributed by atoms with Crippen LogP contribution < -0.4 is 0 Å². The average molecular weight is 291 g/mol. The van der Waals surface area contributed by atoms with E-state index in [0.717, 1.165) is 22.6 Å². The van der Waals surface area contributed by atoms with Gasteiger partial charge >= 0.3 is 0 Å². The zero-order chi connectivity index (χ0) is 14.8. The van der Waals surface area contributed by atoms with Gasteiger partial charge in [0.25, 0.3) is 0 Å². The maximum Gasteiger partial charge on any atom is 0.200 e. The van der Waals surface area contributed by atoms with Gasteiger partial charge in [0.05, 0.1) is 17.6 Å². The van der Waals surface area contributed by atoms with Gasteiger partial charge in [0.2, 0.25) is 6.80 Å². The van der Waals surface area contributed by atoms with E-state index < -0.39 is 6.80 Å². The van der Waals surface area contributed by atoms with Crippen molar-refractivity contribution < 1.29 is 8.78 Å². The van der Waals surface area contributed by atoms with E-state index in [-0.39, 0.29) is 11.7 Å². The van der Waals surface area contributed by atoms with Crippen LogP contribution in [0.2, 0.25) is 0 Å². The monoisotopic (exact) mass is 291 g/mol. The number of aromatic nitrogens is 5. The number of hydrogen-bond acceptors (Lipinski definition) is 3. The lowest BCUT2D eigenvalue weighted by Gasteiger charge is -2.09. The van der Waals surface area contributed by atoms with Gasteiger partial charge < -0.3 is 4.40 Å². The van der Waals surface area contributed by atoms with Crippen molar-refractivity contribution in [3.63, 3.8) is 0 Å². The van der Waals surface area contributed by atoms with Crippen LogP contribution >= 0.6 is 0 Å². The second kappa shape index (κ2) is 5.59. The average Bonchev–Trinajstić information content (AvgIpc) is 3.10. The number of halogens is 2. The molecule has 0 aliphatic rings. The van der Waals surface area contributed by atoms with Gasteiger partial charge in [-0.2, -0.15) is 15.0 Å². The molecule has 0 bridgehead atoms. The highest BCUT2D eigenvalue weighted by Crippen LogP contribution is 2.23. The Kier molecular flexibility index (Phi) is 3.64. The lowest BCUT2D eigenvalue weighted by Crippen LogP contribution is -2.04. The molecular formula is C14H15F2N5. The molecule has 1 atom stereocenters. The first-order valence-electron chi connectivity index (χ1n) is 6.78. The van der Waals surface area contributed by atoms with Gasteiger partial charge in [0.15, 0.2) is 0 Å². The van der Waals surface area contributed by atoms with Crippen LogP contribution in [-0.2, 0) is 13.2 Å². The van der Waals surface area contributed by atoms with Crippen LogP contribution in [0.1, 0.15) is 30.7 Å². The second-order valence-corrected chi connectivity index (χ2v) is 4.92. The molecule has 21 heavy (non-hydrogen) atoms. The maximum absolute atomic E-state index is 13.2. The van der Waals surface area contributed by atoms with Gasteiger partial charge in [0, 0.05) is 24.7 Å². The molecular weight excluding hydrogens is 276 g/mol. The van der Waals surface area contributed by atoms with Crippen LogP contribution in [0.4, 0.5) is 8.78 Å². The highest BCUT2D eigenvalue weighted by Gasteiger charge is 2.16. The third-order valence-corrected chi connectivity index (χ3v) is 3.49. The van der Waals surface area contributed by atoms with Crippen LogP contribution in [0.3, 0.4) is 0 Å². The number of imidazole rings is 1. The molecule has 3 heterocycles. The van der Waals surface area contributed by atoms with E-state index in [1.54, 1.807) is 16.7 Å². The largest absolute Gasteiger partial charge is 0.304 e. The van der Waals surface area contributed by atoms with Gasteiger partial charge in [-0.1, -0.05) is 6.92 Å². The topological polar surface area (TPSA) is 48.0 Å². The summed E-state index contributed by atoms with van der Waals surface area (Å²) in [4.78, 5) is 5.53. The van der Waals surface area contributed by atoms with E-state index in [0.29, 0.717) is 12.1 Å². The summed E-state index contributed by atoms with van der Waals surface area (Å²) < 4.78 is 27.3. The Labute approximate surface area is 120 Å². The Morgan fingerprint density at radius 1 is 1.29 bits per heavy atom. The molecule has 0 aromatic carbocycles. The van der Waals surface area contributed by atoms with E-state index in [4.69, 9.17) is 0 Å². The van der Waals surface area contributed by atoms with Gasteiger partial charge in [-0.25, -0.2) is 13.8 Å². The molecule has 0 saturated heterocycles. The van der Waals surface area contributed by atoms with Crippen molar-refractivity contribution in [3.8, 4) is 0 Å². The smallest absolute Gasteiger partial charge is 0.200 e. The van der Waals surface area contributed by atoms with E-state index in [9.17, 15) is 8.78 Å². The fraction of sp³-hybridized carbons (Fsp3) is 0.357. The fourth-order valence-corrected chi connectivity index (χ4v) is 2.38. The van der Waals surface area contributed by atoms with Gasteiger partial charge in [-0.15, -0.1) is 0 Å². The van der Waals surface area contributed by atoms with Gasteiger partial charge in [-0.3, -0.25) is 0 Å². The number of pyridine rings is 1. The summed E-state index contributed by atoms with van der Waals surface area (Å²) in [6.45, 7) is 1.32. The molecule has 0 saturated carbocycles. The van der Waals surface area contributed by atoms with E-state index in [1.807, 2.05) is 6.20 Å². The zero-order valence-electron chi connectivity index (χ0n) is 11.6. The molecule has 0 aliphatic carbocycles. The summed E-state index contributed by atoms with van der Waals surface area (Å²) in [7, 11) is 0. The molecule has 5 nitrogen and oxygen atoms in total. The first-order valence-corrected chi connectivity index (χ1v) is 6.78. The third kappa shape index (κ3) is 2.76. The molecule has 1 unspecified atom stereocenters. The minimum absolute atomic E-state index is 0.137. The summed E-state index contributed by atoms with van der Waals surface area (Å²) >= 11 is 0. The lowest BCUT2D eigenvalue weighted by atomic mass is 9.98. The van der Waals surface area contributed by atoms with E-state index >= 15 is 0 Å². The lowest BCUT2D eigenvalue weighted by molar-refractivity contribution is 0.317. The predicted octanol–water partition coefficient (Wildman–Crippen LogP) is 2.73. The number of alkyl halides is 1. The van der Waals surface area contributed by atoms with Crippen molar-refractivity contribution >= 4 is 5.65 Å². The predicted molar refractivity (Wildman–Crippen MR) is 73.0 cm³/mol. The summed E-state index contributed by atoms with van der Waals surface area (Å²) in [5, 5.41) is 7.87. The molecule has 0 fully saturated rings. The molecule has 3 rings (SSSR count). The minimum Gasteiger partial charge on any atom is -0.304 e. The Morgan fingerprint density at radius 2 is 2.14 bits per heavy atom. The number of hydrogen-bond donors (Lipinski definition) is 0. The molecule has 0 aliphatic heterocycles. The molecule has 0 amide bonds.